The fraction of sp³-hybridized carbons (Fsp3) is 0.333. The molecule has 3 nitrogen and oxygen atoms in total. The maximum Gasteiger partial charge on any atom is 0.416 e. The smallest absolute Gasteiger partial charge is 0.352 e. The lowest BCUT2D eigenvalue weighted by atomic mass is 10.1. The van der Waals surface area contributed by atoms with Crippen LogP contribution in [0.4, 0.5) is 13.2 Å². The molecule has 1 saturated carbocycles. The Morgan fingerprint density at radius 3 is 2.75 bits per heavy atom. The lowest BCUT2D eigenvalue weighted by Gasteiger charge is -2.09. The molecule has 1 heterocycles. The molecule has 0 aliphatic heterocycles. The molecule has 1 aliphatic rings. The van der Waals surface area contributed by atoms with Crippen molar-refractivity contribution in [2.75, 3.05) is 0 Å². The molecule has 126 valence electrons. The number of hydrogen-bond donors (Lipinski definition) is 1. The first-order valence-corrected chi connectivity index (χ1v) is 7.71. The third-order valence-corrected chi connectivity index (χ3v) is 4.21. The lowest BCUT2D eigenvalue weighted by Crippen LogP contribution is -2.25. The first-order valence-electron chi connectivity index (χ1n) is 7.71. The standard InChI is InChI=1S/C18H17F3N2O/c1-11-5-6-12(9-22-11)10-23-17(24)16-8-15(16)13-3-2-4-14(7-13)18(19,20)21/h2-7,9,15-16H,8,10H2,1H3,(H,23,24)/t15-,16-/m0/s1. The van der Waals surface area contributed by atoms with Crippen LogP contribution in [0.15, 0.2) is 42.6 Å². The van der Waals surface area contributed by atoms with Crippen LogP contribution in [0.3, 0.4) is 0 Å². The molecule has 6 heteroatoms. The van der Waals surface area contributed by atoms with Gasteiger partial charge in [-0.3, -0.25) is 9.78 Å². The Kier molecular flexibility index (Phi) is 4.30. The molecule has 1 N–H and O–H groups in total. The summed E-state index contributed by atoms with van der Waals surface area (Å²) in [6.45, 7) is 2.25. The van der Waals surface area contributed by atoms with Crippen molar-refractivity contribution in [3.8, 4) is 0 Å². The number of benzene rings is 1. The molecule has 0 unspecified atom stereocenters. The fourth-order valence-electron chi connectivity index (χ4n) is 2.72. The highest BCUT2D eigenvalue weighted by molar-refractivity contribution is 5.82. The highest BCUT2D eigenvalue weighted by Gasteiger charge is 2.44. The van der Waals surface area contributed by atoms with Crippen LogP contribution in [0, 0.1) is 12.8 Å². The molecular weight excluding hydrogens is 317 g/mol. The van der Waals surface area contributed by atoms with E-state index in [1.165, 1.54) is 6.07 Å². The topological polar surface area (TPSA) is 42.0 Å². The quantitative estimate of drug-likeness (QED) is 0.923. The third-order valence-electron chi connectivity index (χ3n) is 4.21. The van der Waals surface area contributed by atoms with Crippen molar-refractivity contribution < 1.29 is 18.0 Å². The average molecular weight is 334 g/mol. The van der Waals surface area contributed by atoms with Crippen LogP contribution < -0.4 is 5.32 Å². The second-order valence-electron chi connectivity index (χ2n) is 6.10. The van der Waals surface area contributed by atoms with Gasteiger partial charge in [-0.2, -0.15) is 13.2 Å². The van der Waals surface area contributed by atoms with Gasteiger partial charge in [0.25, 0.3) is 0 Å². The Balaban J connectivity index is 1.58. The number of nitrogens with zero attached hydrogens (tertiary/aromatic N) is 1. The van der Waals surface area contributed by atoms with Crippen molar-refractivity contribution >= 4 is 5.91 Å². The summed E-state index contributed by atoms with van der Waals surface area (Å²) in [7, 11) is 0. The third kappa shape index (κ3) is 3.75. The van der Waals surface area contributed by atoms with Crippen molar-refractivity contribution in [1.82, 2.24) is 10.3 Å². The molecule has 0 radical (unpaired) electrons. The number of carbonyl (C=O) groups is 1. The Hall–Kier alpha value is -2.37. The second kappa shape index (κ2) is 6.26. The zero-order valence-corrected chi connectivity index (χ0v) is 13.1. The van der Waals surface area contributed by atoms with Crippen molar-refractivity contribution in [1.29, 1.82) is 0 Å². The first-order chi connectivity index (χ1) is 11.3. The molecule has 0 spiro atoms. The molecule has 24 heavy (non-hydrogen) atoms. The SMILES string of the molecule is Cc1ccc(CNC(=O)[C@H]2C[C@H]2c2cccc(C(F)(F)F)c2)cn1. The Bertz CT molecular complexity index is 741. The minimum absolute atomic E-state index is 0.127. The fourth-order valence-corrected chi connectivity index (χ4v) is 2.72. The number of aromatic nitrogens is 1. The van der Waals surface area contributed by atoms with Gasteiger partial charge in [0.2, 0.25) is 5.91 Å². The zero-order chi connectivity index (χ0) is 17.3. The molecule has 3 rings (SSSR count). The number of nitrogens with one attached hydrogen (secondary N) is 1. The van der Waals surface area contributed by atoms with Crippen LogP contribution in [-0.4, -0.2) is 10.9 Å². The van der Waals surface area contributed by atoms with Crippen LogP contribution in [-0.2, 0) is 17.5 Å². The number of carbonyl (C=O) groups excluding carboxylic acids is 1. The predicted molar refractivity (Wildman–Crippen MR) is 83.1 cm³/mol. The van der Waals surface area contributed by atoms with E-state index in [1.54, 1.807) is 12.3 Å². The van der Waals surface area contributed by atoms with Crippen molar-refractivity contribution in [3.63, 3.8) is 0 Å². The molecule has 0 bridgehead atoms. The van der Waals surface area contributed by atoms with Gasteiger partial charge in [-0.05, 0) is 42.5 Å². The summed E-state index contributed by atoms with van der Waals surface area (Å²) in [6, 6.07) is 8.98. The van der Waals surface area contributed by atoms with Crippen LogP contribution in [0.2, 0.25) is 0 Å². The summed E-state index contributed by atoms with van der Waals surface area (Å²) in [6.07, 6.45) is -2.08. The van der Waals surface area contributed by atoms with Crippen molar-refractivity contribution in [2.24, 2.45) is 5.92 Å². The van der Waals surface area contributed by atoms with Crippen molar-refractivity contribution in [2.45, 2.75) is 32.0 Å². The van der Waals surface area contributed by atoms with E-state index in [4.69, 9.17) is 0 Å². The van der Waals surface area contributed by atoms with Gasteiger partial charge >= 0.3 is 6.18 Å². The highest BCUT2D eigenvalue weighted by Crippen LogP contribution is 2.48. The Morgan fingerprint density at radius 1 is 1.29 bits per heavy atom. The summed E-state index contributed by atoms with van der Waals surface area (Å²) in [5.74, 6) is -0.520. The largest absolute Gasteiger partial charge is 0.416 e. The van der Waals surface area contributed by atoms with Gasteiger partial charge in [0.15, 0.2) is 0 Å². The number of pyridine rings is 1. The molecule has 1 aromatic carbocycles. The molecule has 1 amide bonds. The van der Waals surface area contributed by atoms with Crippen LogP contribution in [0.5, 0.6) is 0 Å². The number of amides is 1. The Labute approximate surface area is 137 Å². The summed E-state index contributed by atoms with van der Waals surface area (Å²) in [5.41, 5.74) is 1.70. The molecule has 0 saturated heterocycles. The lowest BCUT2D eigenvalue weighted by molar-refractivity contribution is -0.137. The molecule has 2 atom stereocenters. The summed E-state index contributed by atoms with van der Waals surface area (Å²) >= 11 is 0. The van der Waals surface area contributed by atoms with Gasteiger partial charge in [0, 0.05) is 24.4 Å². The van der Waals surface area contributed by atoms with E-state index in [1.807, 2.05) is 19.1 Å². The molecule has 1 fully saturated rings. The highest BCUT2D eigenvalue weighted by atomic mass is 19.4. The Morgan fingerprint density at radius 2 is 2.08 bits per heavy atom. The second-order valence-corrected chi connectivity index (χ2v) is 6.10. The number of rotatable bonds is 4. The summed E-state index contributed by atoms with van der Waals surface area (Å²) in [4.78, 5) is 16.3. The average Bonchev–Trinajstić information content (AvgIpc) is 3.34. The van der Waals surface area contributed by atoms with E-state index in [-0.39, 0.29) is 17.7 Å². The monoisotopic (exact) mass is 334 g/mol. The van der Waals surface area contributed by atoms with E-state index in [9.17, 15) is 18.0 Å². The number of hydrogen-bond acceptors (Lipinski definition) is 2. The minimum atomic E-state index is -4.36. The normalized spacial score (nSPS) is 19.8. The van der Waals surface area contributed by atoms with E-state index in [0.29, 0.717) is 18.5 Å². The van der Waals surface area contributed by atoms with E-state index in [2.05, 4.69) is 10.3 Å². The minimum Gasteiger partial charge on any atom is -0.352 e. The van der Waals surface area contributed by atoms with E-state index >= 15 is 0 Å². The predicted octanol–water partition coefficient (Wildman–Crippen LogP) is 3.83. The van der Waals surface area contributed by atoms with Gasteiger partial charge in [-0.15, -0.1) is 0 Å². The van der Waals surface area contributed by atoms with Crippen LogP contribution in [0.25, 0.3) is 0 Å². The zero-order valence-electron chi connectivity index (χ0n) is 13.1. The number of aryl methyl sites for hydroxylation is 1. The maximum absolute atomic E-state index is 12.8. The summed E-state index contributed by atoms with van der Waals surface area (Å²) in [5, 5.41) is 2.82. The molecular formula is C18H17F3N2O. The van der Waals surface area contributed by atoms with Gasteiger partial charge in [-0.1, -0.05) is 24.3 Å². The molecule has 1 aliphatic carbocycles. The van der Waals surface area contributed by atoms with Crippen molar-refractivity contribution in [3.05, 3.63) is 65.0 Å². The van der Waals surface area contributed by atoms with Gasteiger partial charge in [-0.25, -0.2) is 0 Å². The summed E-state index contributed by atoms with van der Waals surface area (Å²) < 4.78 is 38.3. The van der Waals surface area contributed by atoms with Gasteiger partial charge < -0.3 is 5.32 Å². The van der Waals surface area contributed by atoms with Gasteiger partial charge in [0.1, 0.15) is 0 Å². The number of alkyl halides is 3. The molecule has 2 aromatic rings. The molecule has 1 aromatic heterocycles. The van der Waals surface area contributed by atoms with E-state index < -0.39 is 11.7 Å². The maximum atomic E-state index is 12.8. The van der Waals surface area contributed by atoms with E-state index in [0.717, 1.165) is 23.4 Å². The van der Waals surface area contributed by atoms with Gasteiger partial charge in [0.05, 0.1) is 5.56 Å². The number of halogens is 3. The first kappa shape index (κ1) is 16.5. The van der Waals surface area contributed by atoms with Crippen LogP contribution >= 0.6 is 0 Å². The van der Waals surface area contributed by atoms with Crippen LogP contribution in [0.1, 0.15) is 34.7 Å².